The Balaban J connectivity index is 2.38. The summed E-state index contributed by atoms with van der Waals surface area (Å²) in [6, 6.07) is 7.34. The van der Waals surface area contributed by atoms with Crippen molar-refractivity contribution in [2.75, 3.05) is 0 Å². The summed E-state index contributed by atoms with van der Waals surface area (Å²) in [5.41, 5.74) is 1.48. The molecule has 1 unspecified atom stereocenters. The quantitative estimate of drug-likeness (QED) is 0.793. The predicted octanol–water partition coefficient (Wildman–Crippen LogP) is 2.36. The lowest BCUT2D eigenvalue weighted by molar-refractivity contribution is 0.0978. The number of carbonyl (C=O) groups is 1. The van der Waals surface area contributed by atoms with Crippen molar-refractivity contribution < 1.29 is 9.18 Å². The predicted molar refractivity (Wildman–Crippen MR) is 67.0 cm³/mol. The molecule has 0 aliphatic heterocycles. The van der Waals surface area contributed by atoms with Crippen LogP contribution >= 0.6 is 0 Å². The molecule has 2 rings (SSSR count). The molecule has 0 N–H and O–H groups in total. The lowest BCUT2D eigenvalue weighted by Gasteiger charge is -2.07. The molecule has 96 valence electrons. The topological polar surface area (TPSA) is 58.7 Å². The number of rotatable bonds is 3. The van der Waals surface area contributed by atoms with E-state index in [0.29, 0.717) is 16.8 Å². The van der Waals surface area contributed by atoms with Gasteiger partial charge >= 0.3 is 0 Å². The van der Waals surface area contributed by atoms with Gasteiger partial charge < -0.3 is 0 Å². The van der Waals surface area contributed by atoms with E-state index in [2.05, 4.69) is 5.10 Å². The molecule has 4 nitrogen and oxygen atoms in total. The maximum absolute atomic E-state index is 12.9. The van der Waals surface area contributed by atoms with Crippen LogP contribution < -0.4 is 0 Å². The van der Waals surface area contributed by atoms with E-state index in [1.807, 2.05) is 6.07 Å². The SMILES string of the molecule is Cc1nn(C)cc1C(=O)C(C#N)c1ccc(F)cc1. The molecule has 0 amide bonds. The van der Waals surface area contributed by atoms with Crippen molar-refractivity contribution in [1.29, 1.82) is 5.26 Å². The first-order valence-electron chi connectivity index (χ1n) is 5.72. The number of aromatic nitrogens is 2. The minimum absolute atomic E-state index is 0.320. The first-order chi connectivity index (χ1) is 9.02. The van der Waals surface area contributed by atoms with Crippen LogP contribution in [0, 0.1) is 24.1 Å². The molecule has 1 aromatic heterocycles. The molecule has 1 atom stereocenters. The fraction of sp³-hybridized carbons (Fsp3) is 0.214. The van der Waals surface area contributed by atoms with E-state index in [0.717, 1.165) is 0 Å². The van der Waals surface area contributed by atoms with Crippen molar-refractivity contribution in [3.05, 3.63) is 53.1 Å². The van der Waals surface area contributed by atoms with Crippen LogP contribution in [0.25, 0.3) is 0 Å². The van der Waals surface area contributed by atoms with Gasteiger partial charge in [-0.25, -0.2) is 4.39 Å². The molecular weight excluding hydrogens is 245 g/mol. The van der Waals surface area contributed by atoms with Gasteiger partial charge in [0.05, 0.1) is 17.3 Å². The third-order valence-corrected chi connectivity index (χ3v) is 2.87. The number of hydrogen-bond donors (Lipinski definition) is 0. The minimum Gasteiger partial charge on any atom is -0.292 e. The maximum Gasteiger partial charge on any atom is 0.187 e. The lowest BCUT2D eigenvalue weighted by atomic mass is 9.92. The molecule has 0 aliphatic rings. The van der Waals surface area contributed by atoms with Crippen molar-refractivity contribution in [1.82, 2.24) is 9.78 Å². The number of carbonyl (C=O) groups excluding carboxylic acids is 1. The summed E-state index contributed by atoms with van der Waals surface area (Å²) in [6.45, 7) is 1.71. The number of hydrogen-bond acceptors (Lipinski definition) is 3. The van der Waals surface area contributed by atoms with E-state index in [4.69, 9.17) is 0 Å². The molecule has 1 heterocycles. The van der Waals surface area contributed by atoms with Gasteiger partial charge in [0.15, 0.2) is 5.78 Å². The van der Waals surface area contributed by atoms with E-state index in [-0.39, 0.29) is 5.78 Å². The van der Waals surface area contributed by atoms with Gasteiger partial charge in [-0.1, -0.05) is 12.1 Å². The van der Waals surface area contributed by atoms with Gasteiger partial charge in [0.2, 0.25) is 0 Å². The van der Waals surface area contributed by atoms with Gasteiger partial charge in [0.1, 0.15) is 11.7 Å². The van der Waals surface area contributed by atoms with Crippen molar-refractivity contribution in [2.24, 2.45) is 7.05 Å². The first kappa shape index (κ1) is 13.0. The second-order valence-electron chi connectivity index (χ2n) is 4.28. The van der Waals surface area contributed by atoms with Crippen LogP contribution in [0.1, 0.15) is 27.5 Å². The Morgan fingerprint density at radius 2 is 2.05 bits per heavy atom. The first-order valence-corrected chi connectivity index (χ1v) is 5.72. The molecule has 0 radical (unpaired) electrons. The highest BCUT2D eigenvalue weighted by atomic mass is 19.1. The molecule has 0 saturated carbocycles. The fourth-order valence-electron chi connectivity index (χ4n) is 1.94. The van der Waals surface area contributed by atoms with Crippen molar-refractivity contribution in [3.8, 4) is 6.07 Å². The number of nitriles is 1. The highest BCUT2D eigenvalue weighted by Gasteiger charge is 2.24. The zero-order chi connectivity index (χ0) is 14.0. The number of nitrogens with zero attached hydrogens (tertiary/aromatic N) is 3. The molecule has 0 aliphatic carbocycles. The van der Waals surface area contributed by atoms with E-state index in [1.54, 1.807) is 20.2 Å². The Morgan fingerprint density at radius 3 is 2.53 bits per heavy atom. The van der Waals surface area contributed by atoms with Gasteiger partial charge in [-0.2, -0.15) is 10.4 Å². The minimum atomic E-state index is -0.941. The highest BCUT2D eigenvalue weighted by molar-refractivity contribution is 6.03. The van der Waals surface area contributed by atoms with Crippen molar-refractivity contribution in [3.63, 3.8) is 0 Å². The molecule has 5 heteroatoms. The van der Waals surface area contributed by atoms with Gasteiger partial charge in [0.25, 0.3) is 0 Å². The van der Waals surface area contributed by atoms with Crippen molar-refractivity contribution >= 4 is 5.78 Å². The summed E-state index contributed by atoms with van der Waals surface area (Å²) in [4.78, 5) is 12.3. The lowest BCUT2D eigenvalue weighted by Crippen LogP contribution is -2.11. The van der Waals surface area contributed by atoms with Gasteiger partial charge in [-0.15, -0.1) is 0 Å². The zero-order valence-corrected chi connectivity index (χ0v) is 10.6. The van der Waals surface area contributed by atoms with Gasteiger partial charge in [0, 0.05) is 13.2 Å². The molecule has 19 heavy (non-hydrogen) atoms. The summed E-state index contributed by atoms with van der Waals surface area (Å²) in [5.74, 6) is -1.66. The largest absolute Gasteiger partial charge is 0.292 e. The molecule has 1 aromatic carbocycles. The van der Waals surface area contributed by atoms with Crippen molar-refractivity contribution in [2.45, 2.75) is 12.8 Å². The molecule has 0 spiro atoms. The number of Topliss-reactive ketones (excluding diaryl/α,β-unsaturated/α-hetero) is 1. The molecule has 0 bridgehead atoms. The standard InChI is InChI=1S/C14H12FN3O/c1-9-13(8-18(2)17-9)14(19)12(7-16)10-3-5-11(15)6-4-10/h3-6,8,12H,1-2H3. The molecule has 0 saturated heterocycles. The smallest absolute Gasteiger partial charge is 0.187 e. The van der Waals surface area contributed by atoms with Crippen LogP contribution in [-0.2, 0) is 7.05 Å². The van der Waals surface area contributed by atoms with Crippen LogP contribution in [0.15, 0.2) is 30.5 Å². The van der Waals surface area contributed by atoms with Crippen LogP contribution in [0.4, 0.5) is 4.39 Å². The van der Waals surface area contributed by atoms with Crippen LogP contribution in [0.5, 0.6) is 0 Å². The summed E-state index contributed by atoms with van der Waals surface area (Å²) in [7, 11) is 1.71. The molecular formula is C14H12FN3O. The summed E-state index contributed by atoms with van der Waals surface area (Å²) >= 11 is 0. The maximum atomic E-state index is 12.9. The number of ketones is 1. The van der Waals surface area contributed by atoms with E-state index in [9.17, 15) is 14.4 Å². The fourth-order valence-corrected chi connectivity index (χ4v) is 1.94. The Hall–Kier alpha value is -2.48. The highest BCUT2D eigenvalue weighted by Crippen LogP contribution is 2.22. The van der Waals surface area contributed by atoms with E-state index >= 15 is 0 Å². The molecule has 0 fully saturated rings. The average molecular weight is 257 g/mol. The third kappa shape index (κ3) is 2.52. The zero-order valence-electron chi connectivity index (χ0n) is 10.6. The Labute approximate surface area is 110 Å². The second kappa shape index (κ2) is 5.02. The summed E-state index contributed by atoms with van der Waals surface area (Å²) in [5, 5.41) is 13.3. The van der Waals surface area contributed by atoms with Gasteiger partial charge in [-0.3, -0.25) is 9.48 Å². The van der Waals surface area contributed by atoms with Gasteiger partial charge in [-0.05, 0) is 24.6 Å². The molecule has 2 aromatic rings. The monoisotopic (exact) mass is 257 g/mol. The third-order valence-electron chi connectivity index (χ3n) is 2.87. The summed E-state index contributed by atoms with van der Waals surface area (Å²) in [6.07, 6.45) is 1.59. The van der Waals surface area contributed by atoms with Crippen LogP contribution in [0.3, 0.4) is 0 Å². The average Bonchev–Trinajstić information content (AvgIpc) is 2.71. The number of halogens is 1. The number of benzene rings is 1. The Bertz CT molecular complexity index is 652. The van der Waals surface area contributed by atoms with E-state index in [1.165, 1.54) is 28.9 Å². The van der Waals surface area contributed by atoms with Crippen LogP contribution in [0.2, 0.25) is 0 Å². The second-order valence-corrected chi connectivity index (χ2v) is 4.28. The summed E-state index contributed by atoms with van der Waals surface area (Å²) < 4.78 is 14.4. The van der Waals surface area contributed by atoms with Crippen LogP contribution in [-0.4, -0.2) is 15.6 Å². The Kier molecular flexibility index (Phi) is 3.43. The Morgan fingerprint density at radius 1 is 1.42 bits per heavy atom. The number of aryl methyl sites for hydroxylation is 2. The normalized spacial score (nSPS) is 11.9. The van der Waals surface area contributed by atoms with E-state index < -0.39 is 11.7 Å².